The van der Waals surface area contributed by atoms with Gasteiger partial charge < -0.3 is 13.8 Å². The Bertz CT molecular complexity index is 911. The van der Waals surface area contributed by atoms with Crippen molar-refractivity contribution >= 4 is 27.5 Å². The first-order valence-corrected chi connectivity index (χ1v) is 8.96. The van der Waals surface area contributed by atoms with Crippen molar-refractivity contribution in [1.29, 1.82) is 0 Å². The maximum absolute atomic E-state index is 12.4. The fourth-order valence-electron chi connectivity index (χ4n) is 3.05. The van der Waals surface area contributed by atoms with Gasteiger partial charge in [-0.2, -0.15) is 0 Å². The minimum atomic E-state index is -0.0853. The number of rotatable bonds is 3. The van der Waals surface area contributed by atoms with Crippen LogP contribution in [0.3, 0.4) is 0 Å². The number of hydrogen-bond acceptors (Lipinski definition) is 5. The van der Waals surface area contributed by atoms with Gasteiger partial charge in [0.05, 0.1) is 11.4 Å². The van der Waals surface area contributed by atoms with E-state index in [-0.39, 0.29) is 5.91 Å². The molecule has 0 aliphatic carbocycles. The van der Waals surface area contributed by atoms with Crippen LogP contribution >= 0.6 is 15.9 Å². The molecule has 3 aromatic heterocycles. The van der Waals surface area contributed by atoms with Crippen LogP contribution in [0.5, 0.6) is 0 Å². The summed E-state index contributed by atoms with van der Waals surface area (Å²) in [5.74, 6) is 0.231. The Labute approximate surface area is 153 Å². The largest absolute Gasteiger partial charge is 0.351 e. The number of amides is 1. The number of nitrogens with zero attached hydrogens (tertiary/aromatic N) is 5. The highest BCUT2D eigenvalue weighted by Gasteiger charge is 2.25. The van der Waals surface area contributed by atoms with Gasteiger partial charge in [0.15, 0.2) is 0 Å². The molecule has 4 heterocycles. The summed E-state index contributed by atoms with van der Waals surface area (Å²) in [6.45, 7) is 5.58. The molecule has 7 nitrogen and oxygen atoms in total. The third-order valence-electron chi connectivity index (χ3n) is 4.35. The number of aromatic nitrogens is 3. The van der Waals surface area contributed by atoms with Gasteiger partial charge in [-0.3, -0.25) is 9.69 Å². The number of fused-ring (bicyclic) bond motifs is 1. The number of piperazine rings is 1. The molecule has 0 saturated carbocycles. The van der Waals surface area contributed by atoms with E-state index in [4.69, 9.17) is 4.52 Å². The maximum atomic E-state index is 12.4. The molecule has 25 heavy (non-hydrogen) atoms. The zero-order valence-corrected chi connectivity index (χ0v) is 15.4. The second-order valence-corrected chi connectivity index (χ2v) is 7.16. The number of carbonyl (C=O) groups excluding carboxylic acids is 1. The van der Waals surface area contributed by atoms with E-state index in [2.05, 4.69) is 37.2 Å². The molecule has 0 radical (unpaired) electrons. The Morgan fingerprint density at radius 3 is 2.76 bits per heavy atom. The van der Waals surface area contributed by atoms with Crippen molar-refractivity contribution < 1.29 is 9.32 Å². The summed E-state index contributed by atoms with van der Waals surface area (Å²) in [5.41, 5.74) is 2.69. The molecule has 8 heteroatoms. The van der Waals surface area contributed by atoms with Gasteiger partial charge in [-0.05, 0) is 35.0 Å². The highest BCUT2D eigenvalue weighted by Crippen LogP contribution is 2.15. The van der Waals surface area contributed by atoms with Crippen LogP contribution in [0.25, 0.3) is 5.65 Å². The summed E-state index contributed by atoms with van der Waals surface area (Å²) >= 11 is 3.47. The summed E-state index contributed by atoms with van der Waals surface area (Å²) in [4.78, 5) is 21.2. The van der Waals surface area contributed by atoms with Gasteiger partial charge in [-0.1, -0.05) is 5.16 Å². The van der Waals surface area contributed by atoms with Gasteiger partial charge in [0.25, 0.3) is 5.91 Å². The quantitative estimate of drug-likeness (QED) is 0.671. The zero-order chi connectivity index (χ0) is 17.4. The first-order valence-electron chi connectivity index (χ1n) is 8.16. The van der Waals surface area contributed by atoms with Gasteiger partial charge in [-0.15, -0.1) is 0 Å². The highest BCUT2D eigenvalue weighted by atomic mass is 79.9. The molecular weight excluding hydrogens is 386 g/mol. The molecule has 1 aliphatic heterocycles. The van der Waals surface area contributed by atoms with Gasteiger partial charge in [0.2, 0.25) is 5.76 Å². The monoisotopic (exact) mass is 403 g/mol. The molecule has 0 bridgehead atoms. The van der Waals surface area contributed by atoms with Gasteiger partial charge in [0.1, 0.15) is 5.65 Å². The van der Waals surface area contributed by atoms with E-state index in [1.165, 1.54) is 0 Å². The fraction of sp³-hybridized carbons (Fsp3) is 0.353. The average Bonchev–Trinajstić information content (AvgIpc) is 3.20. The molecule has 1 amide bonds. The summed E-state index contributed by atoms with van der Waals surface area (Å²) in [7, 11) is 0. The molecule has 130 valence electrons. The number of pyridine rings is 1. The Morgan fingerprint density at radius 1 is 1.24 bits per heavy atom. The maximum Gasteiger partial charge on any atom is 0.292 e. The molecule has 0 unspecified atom stereocenters. The fourth-order valence-corrected chi connectivity index (χ4v) is 3.40. The van der Waals surface area contributed by atoms with Crippen LogP contribution in [0.2, 0.25) is 0 Å². The lowest BCUT2D eigenvalue weighted by molar-refractivity contribution is 0.0587. The molecule has 0 spiro atoms. The summed E-state index contributed by atoms with van der Waals surface area (Å²) < 4.78 is 8.12. The minimum absolute atomic E-state index is 0.0853. The van der Waals surface area contributed by atoms with Crippen molar-refractivity contribution in [3.05, 3.63) is 52.2 Å². The summed E-state index contributed by atoms with van der Waals surface area (Å²) in [6.07, 6.45) is 4.05. The number of carbonyl (C=O) groups is 1. The number of halogens is 1. The summed E-state index contributed by atoms with van der Waals surface area (Å²) in [5, 5.41) is 3.78. The van der Waals surface area contributed by atoms with Gasteiger partial charge in [-0.25, -0.2) is 4.98 Å². The highest BCUT2D eigenvalue weighted by molar-refractivity contribution is 9.10. The lowest BCUT2D eigenvalue weighted by Gasteiger charge is -2.33. The SMILES string of the molecule is Cc1cc(C(=O)N2CCN(Cc3cn4cc(Br)ccc4n3)CC2)on1. The first-order chi connectivity index (χ1) is 12.1. The molecule has 3 aromatic rings. The molecule has 0 N–H and O–H groups in total. The average molecular weight is 404 g/mol. The molecule has 1 saturated heterocycles. The molecule has 4 rings (SSSR count). The van der Waals surface area contributed by atoms with Crippen molar-refractivity contribution in [2.24, 2.45) is 0 Å². The number of imidazole rings is 1. The molecule has 0 aromatic carbocycles. The van der Waals surface area contributed by atoms with Crippen LogP contribution in [0.15, 0.2) is 39.6 Å². The number of aryl methyl sites for hydroxylation is 1. The predicted octanol–water partition coefficient (Wildman–Crippen LogP) is 2.35. The van der Waals surface area contributed by atoms with Crippen LogP contribution in [0.1, 0.15) is 21.9 Å². The van der Waals surface area contributed by atoms with E-state index in [0.717, 1.165) is 41.1 Å². The smallest absolute Gasteiger partial charge is 0.292 e. The molecule has 1 fully saturated rings. The zero-order valence-electron chi connectivity index (χ0n) is 13.9. The predicted molar refractivity (Wildman–Crippen MR) is 95.3 cm³/mol. The van der Waals surface area contributed by atoms with Crippen LogP contribution in [-0.2, 0) is 6.54 Å². The lowest BCUT2D eigenvalue weighted by atomic mass is 10.2. The van der Waals surface area contributed by atoms with Crippen molar-refractivity contribution in [2.75, 3.05) is 26.2 Å². The Hall–Kier alpha value is -2.19. The first kappa shape index (κ1) is 16.3. The normalized spacial score (nSPS) is 15.8. The van der Waals surface area contributed by atoms with Crippen LogP contribution in [0.4, 0.5) is 0 Å². The Morgan fingerprint density at radius 2 is 2.04 bits per heavy atom. The van der Waals surface area contributed by atoms with E-state index in [1.807, 2.05) is 34.6 Å². The van der Waals surface area contributed by atoms with E-state index in [1.54, 1.807) is 6.07 Å². The summed E-state index contributed by atoms with van der Waals surface area (Å²) in [6, 6.07) is 5.66. The van der Waals surface area contributed by atoms with Crippen molar-refractivity contribution in [3.8, 4) is 0 Å². The standard InChI is InChI=1S/C17H18BrN5O2/c1-12-8-15(25-20-12)17(24)22-6-4-21(5-7-22)10-14-11-23-9-13(18)2-3-16(23)19-14/h2-3,8-9,11H,4-7,10H2,1H3. The topological polar surface area (TPSA) is 66.9 Å². The van der Waals surface area contributed by atoms with Crippen molar-refractivity contribution in [2.45, 2.75) is 13.5 Å². The molecule has 1 aliphatic rings. The van der Waals surface area contributed by atoms with Crippen LogP contribution < -0.4 is 0 Å². The third-order valence-corrected chi connectivity index (χ3v) is 4.82. The van der Waals surface area contributed by atoms with Crippen LogP contribution in [0, 0.1) is 6.92 Å². The number of hydrogen-bond donors (Lipinski definition) is 0. The Kier molecular flexibility index (Phi) is 4.30. The second-order valence-electron chi connectivity index (χ2n) is 6.25. The minimum Gasteiger partial charge on any atom is -0.351 e. The van der Waals surface area contributed by atoms with Gasteiger partial charge >= 0.3 is 0 Å². The van der Waals surface area contributed by atoms with Gasteiger partial charge in [0, 0.05) is 55.7 Å². The van der Waals surface area contributed by atoms with E-state index < -0.39 is 0 Å². The molecular formula is C17H18BrN5O2. The van der Waals surface area contributed by atoms with E-state index >= 15 is 0 Å². The third kappa shape index (κ3) is 3.45. The lowest BCUT2D eigenvalue weighted by Crippen LogP contribution is -2.48. The Balaban J connectivity index is 1.37. The van der Waals surface area contributed by atoms with Crippen LogP contribution in [-0.4, -0.2) is 56.4 Å². The van der Waals surface area contributed by atoms with Crippen molar-refractivity contribution in [1.82, 2.24) is 24.3 Å². The van der Waals surface area contributed by atoms with Crippen molar-refractivity contribution in [3.63, 3.8) is 0 Å². The van der Waals surface area contributed by atoms with E-state index in [0.29, 0.717) is 18.8 Å². The molecule has 0 atom stereocenters. The second kappa shape index (κ2) is 6.61. The van der Waals surface area contributed by atoms with E-state index in [9.17, 15) is 4.79 Å².